The standard InChI is InChI=1S/C18H24N4O2/c1-23-16-6-4-15(5-7-16)3-2-8-19-17-13-18(21-14-20-17)22-9-11-24-12-10-22/h4-7,13-14H,2-3,8-12H2,1H3,(H,19,20,21). The van der Waals surface area contributed by atoms with E-state index in [0.29, 0.717) is 0 Å². The average Bonchev–Trinajstić information content (AvgIpc) is 2.67. The van der Waals surface area contributed by atoms with Gasteiger partial charge in [-0.1, -0.05) is 12.1 Å². The summed E-state index contributed by atoms with van der Waals surface area (Å²) >= 11 is 0. The minimum absolute atomic E-state index is 0.759. The fraction of sp³-hybridized carbons (Fsp3) is 0.444. The molecule has 1 aliphatic heterocycles. The second-order valence-corrected chi connectivity index (χ2v) is 5.74. The number of aromatic nitrogens is 2. The van der Waals surface area contributed by atoms with Crippen LogP contribution in [0.25, 0.3) is 0 Å². The molecule has 24 heavy (non-hydrogen) atoms. The van der Waals surface area contributed by atoms with E-state index >= 15 is 0 Å². The zero-order valence-electron chi connectivity index (χ0n) is 14.1. The number of hydrogen-bond donors (Lipinski definition) is 1. The van der Waals surface area contributed by atoms with Gasteiger partial charge in [-0.2, -0.15) is 0 Å². The van der Waals surface area contributed by atoms with Crippen molar-refractivity contribution in [2.45, 2.75) is 12.8 Å². The van der Waals surface area contributed by atoms with Gasteiger partial charge in [0, 0.05) is 25.7 Å². The molecule has 0 bridgehead atoms. The maximum absolute atomic E-state index is 5.38. The molecule has 6 heteroatoms. The highest BCUT2D eigenvalue weighted by Crippen LogP contribution is 2.16. The van der Waals surface area contributed by atoms with Crippen LogP contribution in [-0.2, 0) is 11.2 Å². The summed E-state index contributed by atoms with van der Waals surface area (Å²) < 4.78 is 10.6. The first kappa shape index (κ1) is 16.5. The largest absolute Gasteiger partial charge is 0.497 e. The van der Waals surface area contributed by atoms with Gasteiger partial charge in [0.05, 0.1) is 20.3 Å². The molecule has 1 saturated heterocycles. The van der Waals surface area contributed by atoms with Crippen LogP contribution in [0.3, 0.4) is 0 Å². The van der Waals surface area contributed by atoms with Crippen molar-refractivity contribution < 1.29 is 9.47 Å². The summed E-state index contributed by atoms with van der Waals surface area (Å²) in [6, 6.07) is 10.2. The highest BCUT2D eigenvalue weighted by Gasteiger charge is 2.12. The van der Waals surface area contributed by atoms with Gasteiger partial charge >= 0.3 is 0 Å². The van der Waals surface area contributed by atoms with Gasteiger partial charge in [0.25, 0.3) is 0 Å². The molecule has 1 aromatic heterocycles. The van der Waals surface area contributed by atoms with Crippen LogP contribution in [0.5, 0.6) is 5.75 Å². The molecular formula is C18H24N4O2. The van der Waals surface area contributed by atoms with Gasteiger partial charge in [0.2, 0.25) is 0 Å². The first-order valence-electron chi connectivity index (χ1n) is 8.37. The number of benzene rings is 1. The minimum Gasteiger partial charge on any atom is -0.497 e. The fourth-order valence-corrected chi connectivity index (χ4v) is 2.71. The van der Waals surface area contributed by atoms with E-state index < -0.39 is 0 Å². The molecule has 1 aliphatic rings. The van der Waals surface area contributed by atoms with Crippen LogP contribution in [0.15, 0.2) is 36.7 Å². The Kier molecular flexibility index (Phi) is 5.85. The van der Waals surface area contributed by atoms with Gasteiger partial charge in [-0.05, 0) is 30.5 Å². The molecule has 1 N–H and O–H groups in total. The van der Waals surface area contributed by atoms with E-state index in [4.69, 9.17) is 9.47 Å². The third kappa shape index (κ3) is 4.58. The smallest absolute Gasteiger partial charge is 0.134 e. The van der Waals surface area contributed by atoms with E-state index in [-0.39, 0.29) is 0 Å². The molecule has 2 heterocycles. The molecule has 0 radical (unpaired) electrons. The highest BCUT2D eigenvalue weighted by atomic mass is 16.5. The van der Waals surface area contributed by atoms with E-state index in [1.807, 2.05) is 18.2 Å². The maximum atomic E-state index is 5.38. The van der Waals surface area contributed by atoms with Gasteiger partial charge in [-0.25, -0.2) is 9.97 Å². The van der Waals surface area contributed by atoms with Gasteiger partial charge in [-0.15, -0.1) is 0 Å². The quantitative estimate of drug-likeness (QED) is 0.788. The highest BCUT2D eigenvalue weighted by molar-refractivity contribution is 5.48. The number of nitrogens with one attached hydrogen (secondary N) is 1. The monoisotopic (exact) mass is 328 g/mol. The molecule has 0 atom stereocenters. The Morgan fingerprint density at radius 1 is 1.17 bits per heavy atom. The van der Waals surface area contributed by atoms with Crippen molar-refractivity contribution in [3.8, 4) is 5.75 Å². The molecule has 0 unspecified atom stereocenters. The Bertz CT molecular complexity index is 627. The topological polar surface area (TPSA) is 59.5 Å². The van der Waals surface area contributed by atoms with Crippen LogP contribution in [-0.4, -0.2) is 49.9 Å². The van der Waals surface area contributed by atoms with Crippen molar-refractivity contribution in [1.29, 1.82) is 0 Å². The number of anilines is 2. The normalized spacial score (nSPS) is 14.5. The molecule has 3 rings (SSSR count). The number of ether oxygens (including phenoxy) is 2. The predicted octanol–water partition coefficient (Wildman–Crippen LogP) is 2.37. The van der Waals surface area contributed by atoms with Crippen molar-refractivity contribution >= 4 is 11.6 Å². The minimum atomic E-state index is 0.759. The first-order valence-corrected chi connectivity index (χ1v) is 8.37. The molecule has 1 fully saturated rings. The van der Waals surface area contributed by atoms with Crippen LogP contribution in [0.4, 0.5) is 11.6 Å². The molecule has 0 aliphatic carbocycles. The lowest BCUT2D eigenvalue weighted by Crippen LogP contribution is -2.36. The number of hydrogen-bond acceptors (Lipinski definition) is 6. The van der Waals surface area contributed by atoms with E-state index in [9.17, 15) is 0 Å². The summed E-state index contributed by atoms with van der Waals surface area (Å²) in [5, 5.41) is 3.38. The molecule has 2 aromatic rings. The third-order valence-corrected chi connectivity index (χ3v) is 4.10. The van der Waals surface area contributed by atoms with Crippen LogP contribution >= 0.6 is 0 Å². The zero-order chi connectivity index (χ0) is 16.6. The molecular weight excluding hydrogens is 304 g/mol. The number of morpholine rings is 1. The molecule has 128 valence electrons. The Hall–Kier alpha value is -2.34. The second kappa shape index (κ2) is 8.49. The van der Waals surface area contributed by atoms with Crippen LogP contribution in [0.1, 0.15) is 12.0 Å². The number of aryl methyl sites for hydroxylation is 1. The Morgan fingerprint density at radius 3 is 2.71 bits per heavy atom. The van der Waals surface area contributed by atoms with Crippen LogP contribution < -0.4 is 15.0 Å². The van der Waals surface area contributed by atoms with Crippen molar-refractivity contribution in [2.24, 2.45) is 0 Å². The molecule has 0 saturated carbocycles. The summed E-state index contributed by atoms with van der Waals surface area (Å²) in [4.78, 5) is 10.9. The molecule has 1 aromatic carbocycles. The Labute approximate surface area is 142 Å². The summed E-state index contributed by atoms with van der Waals surface area (Å²) in [5.74, 6) is 2.74. The number of rotatable bonds is 7. The first-order chi connectivity index (χ1) is 11.8. The second-order valence-electron chi connectivity index (χ2n) is 5.74. The Morgan fingerprint density at radius 2 is 1.96 bits per heavy atom. The number of methoxy groups -OCH3 is 1. The fourth-order valence-electron chi connectivity index (χ4n) is 2.71. The summed E-state index contributed by atoms with van der Waals surface area (Å²) in [6.45, 7) is 4.16. The van der Waals surface area contributed by atoms with Crippen molar-refractivity contribution in [3.05, 3.63) is 42.2 Å². The van der Waals surface area contributed by atoms with Crippen molar-refractivity contribution in [1.82, 2.24) is 9.97 Å². The third-order valence-electron chi connectivity index (χ3n) is 4.10. The molecule has 0 amide bonds. The number of nitrogens with zero attached hydrogens (tertiary/aromatic N) is 3. The SMILES string of the molecule is COc1ccc(CCCNc2cc(N3CCOCC3)ncn2)cc1. The van der Waals surface area contributed by atoms with Gasteiger partial charge in [0.1, 0.15) is 23.7 Å². The zero-order valence-corrected chi connectivity index (χ0v) is 14.1. The maximum Gasteiger partial charge on any atom is 0.134 e. The van der Waals surface area contributed by atoms with Crippen LogP contribution in [0.2, 0.25) is 0 Å². The molecule has 6 nitrogen and oxygen atoms in total. The van der Waals surface area contributed by atoms with Crippen molar-refractivity contribution in [3.63, 3.8) is 0 Å². The predicted molar refractivity (Wildman–Crippen MR) is 94.9 cm³/mol. The lowest BCUT2D eigenvalue weighted by molar-refractivity contribution is 0.122. The lowest BCUT2D eigenvalue weighted by Gasteiger charge is -2.27. The van der Waals surface area contributed by atoms with Crippen molar-refractivity contribution in [2.75, 3.05) is 50.2 Å². The van der Waals surface area contributed by atoms with E-state index in [1.54, 1.807) is 13.4 Å². The molecule has 0 spiro atoms. The van der Waals surface area contributed by atoms with E-state index in [0.717, 1.165) is 63.1 Å². The van der Waals surface area contributed by atoms with E-state index in [2.05, 4.69) is 32.3 Å². The van der Waals surface area contributed by atoms with Gasteiger partial charge in [-0.3, -0.25) is 0 Å². The van der Waals surface area contributed by atoms with Gasteiger partial charge in [0.15, 0.2) is 0 Å². The lowest BCUT2D eigenvalue weighted by atomic mass is 10.1. The summed E-state index contributed by atoms with van der Waals surface area (Å²) in [6.07, 6.45) is 3.69. The summed E-state index contributed by atoms with van der Waals surface area (Å²) in [7, 11) is 1.69. The van der Waals surface area contributed by atoms with Crippen LogP contribution in [0, 0.1) is 0 Å². The van der Waals surface area contributed by atoms with Gasteiger partial charge < -0.3 is 19.7 Å². The average molecular weight is 328 g/mol. The summed E-state index contributed by atoms with van der Waals surface area (Å²) in [5.41, 5.74) is 1.31. The Balaban J connectivity index is 1.45. The van der Waals surface area contributed by atoms with E-state index in [1.165, 1.54) is 5.56 Å².